The summed E-state index contributed by atoms with van der Waals surface area (Å²) in [6, 6.07) is 0. The van der Waals surface area contributed by atoms with Gasteiger partial charge in [-0.25, -0.2) is 15.0 Å². The van der Waals surface area contributed by atoms with Gasteiger partial charge < -0.3 is 15.4 Å². The third-order valence-electron chi connectivity index (χ3n) is 1.59. The molecular formula is C8H11N5O. The normalized spacial score (nSPS) is 23.8. The van der Waals surface area contributed by atoms with Crippen LogP contribution in [-0.2, 0) is 6.50 Å². The topological polar surface area (TPSA) is 89.8 Å². The molecule has 1 unspecified atom stereocenters. The number of imidazole rings is 1. The van der Waals surface area contributed by atoms with Crippen molar-refractivity contribution in [3.8, 4) is 0 Å². The van der Waals surface area contributed by atoms with Gasteiger partial charge >= 0.3 is 0 Å². The summed E-state index contributed by atoms with van der Waals surface area (Å²) in [7, 11) is 0. The molecule has 74 valence electrons. The van der Waals surface area contributed by atoms with Gasteiger partial charge in [-0.05, 0) is 6.85 Å². The van der Waals surface area contributed by atoms with Crippen LogP contribution in [0, 0.1) is 0 Å². The number of anilines is 1. The highest BCUT2D eigenvalue weighted by Crippen LogP contribution is 2.14. The lowest BCUT2D eigenvalue weighted by Crippen LogP contribution is -2.11. The van der Waals surface area contributed by atoms with E-state index in [9.17, 15) is 5.11 Å². The molecule has 0 bridgehead atoms. The summed E-state index contributed by atoms with van der Waals surface area (Å²) in [4.78, 5) is 11.2. The van der Waals surface area contributed by atoms with Crippen LogP contribution in [-0.4, -0.2) is 30.7 Å². The Kier molecular flexibility index (Phi) is 0.973. The van der Waals surface area contributed by atoms with Crippen LogP contribution in [0.4, 0.5) is 5.82 Å². The lowest BCUT2D eigenvalue weighted by molar-refractivity contribution is 0.175. The molecule has 2 heterocycles. The van der Waals surface area contributed by atoms with Gasteiger partial charge in [0.1, 0.15) is 11.8 Å². The second kappa shape index (κ2) is 3.22. The Bertz CT molecular complexity index is 650. The number of nitrogens with two attached hydrogens (primary N) is 1. The van der Waals surface area contributed by atoms with Gasteiger partial charge in [0.05, 0.1) is 23.0 Å². The van der Waals surface area contributed by atoms with E-state index in [1.807, 2.05) is 0 Å². The first kappa shape index (κ1) is 4.22. The third kappa shape index (κ3) is 1.39. The smallest absolute Gasteiger partial charge is 0.165 e. The molecule has 0 radical (unpaired) electrons. The van der Waals surface area contributed by atoms with Gasteiger partial charge in [0.25, 0.3) is 0 Å². The predicted octanol–water partition coefficient (Wildman–Crippen LogP) is -0.211. The van der Waals surface area contributed by atoms with Crippen molar-refractivity contribution in [1.82, 2.24) is 19.5 Å². The average molecular weight is 199 g/mol. The zero-order valence-electron chi connectivity index (χ0n) is 13.0. The molecule has 0 aliphatic heterocycles. The van der Waals surface area contributed by atoms with Crippen LogP contribution >= 0.6 is 0 Å². The van der Waals surface area contributed by atoms with Crippen molar-refractivity contribution in [3.63, 3.8) is 0 Å². The van der Waals surface area contributed by atoms with Crippen molar-refractivity contribution < 1.29 is 13.3 Å². The van der Waals surface area contributed by atoms with Gasteiger partial charge in [-0.2, -0.15) is 0 Å². The predicted molar refractivity (Wildman–Crippen MR) is 51.4 cm³/mol. The fourth-order valence-electron chi connectivity index (χ4n) is 1.05. The van der Waals surface area contributed by atoms with Gasteiger partial charge in [0.2, 0.25) is 0 Å². The summed E-state index contributed by atoms with van der Waals surface area (Å²) in [6.45, 7) is -6.28. The molecule has 2 rings (SSSR count). The lowest BCUT2D eigenvalue weighted by Gasteiger charge is -2.05. The van der Waals surface area contributed by atoms with Crippen LogP contribution in [0.3, 0.4) is 0 Å². The van der Waals surface area contributed by atoms with Crippen LogP contribution in [0.5, 0.6) is 0 Å². The maximum Gasteiger partial charge on any atom is 0.165 e. The Hall–Kier alpha value is -1.69. The zero-order chi connectivity index (χ0) is 15.3. The van der Waals surface area contributed by atoms with E-state index in [-0.39, 0.29) is 17.0 Å². The summed E-state index contributed by atoms with van der Waals surface area (Å²) in [5.74, 6) is -0.0213. The molecule has 6 nitrogen and oxygen atoms in total. The van der Waals surface area contributed by atoms with Crippen molar-refractivity contribution in [3.05, 3.63) is 12.7 Å². The van der Waals surface area contributed by atoms with Crippen molar-refractivity contribution in [2.75, 3.05) is 5.73 Å². The molecule has 2 aromatic rings. The van der Waals surface area contributed by atoms with Gasteiger partial charge in [0, 0.05) is 4.11 Å². The summed E-state index contributed by atoms with van der Waals surface area (Å²) < 4.78 is 45.0. The molecule has 1 atom stereocenters. The quantitative estimate of drug-likeness (QED) is 0.698. The highest BCUT2D eigenvalue weighted by Gasteiger charge is 2.08. The molecule has 0 amide bonds. The van der Waals surface area contributed by atoms with Crippen LogP contribution in [0.1, 0.15) is 15.1 Å². The zero-order valence-corrected chi connectivity index (χ0v) is 6.97. The minimum Gasteiger partial charge on any atom is -0.392 e. The molecule has 0 saturated carbocycles. The van der Waals surface area contributed by atoms with E-state index in [1.54, 1.807) is 0 Å². The number of hydrogen-bond donors (Lipinski definition) is 2. The van der Waals surface area contributed by atoms with Crippen molar-refractivity contribution in [2.24, 2.45) is 0 Å². The molecule has 0 fully saturated rings. The summed E-state index contributed by atoms with van der Waals surface area (Å²) in [6.07, 6.45) is -1.43. The lowest BCUT2D eigenvalue weighted by atomic mass is 10.4. The monoisotopic (exact) mass is 199 g/mol. The van der Waals surface area contributed by atoms with E-state index in [4.69, 9.17) is 14.0 Å². The average Bonchev–Trinajstić information content (AvgIpc) is 2.72. The number of fused-ring (bicyclic) bond motifs is 1. The first-order chi connectivity index (χ1) is 9.00. The summed E-state index contributed by atoms with van der Waals surface area (Å²) in [5, 5.41) is 9.79. The number of nitrogen functional groups attached to an aromatic ring is 1. The maximum absolute atomic E-state index is 9.79. The van der Waals surface area contributed by atoms with E-state index in [0.717, 1.165) is 12.7 Å². The van der Waals surface area contributed by atoms with Crippen molar-refractivity contribution >= 4 is 17.0 Å². The molecule has 0 spiro atoms. The first-order valence-electron chi connectivity index (χ1n) is 6.66. The third-order valence-corrected chi connectivity index (χ3v) is 1.59. The number of aliphatic hydroxyl groups is 1. The molecule has 0 aromatic carbocycles. The van der Waals surface area contributed by atoms with Crippen molar-refractivity contribution in [2.45, 2.75) is 19.4 Å². The largest absolute Gasteiger partial charge is 0.392 e. The fourth-order valence-corrected chi connectivity index (χ4v) is 1.05. The molecule has 0 aliphatic rings. The standard InChI is InChI=1S/C8H11N5O/c1-5(14)2-13-4-12-6-7(9)10-3-11-8(6)13/h3-5,14H,2H2,1H3,(H2,9,10,11)/i1D3,2D2,5D. The Morgan fingerprint density at radius 1 is 1.79 bits per heavy atom. The van der Waals surface area contributed by atoms with Crippen molar-refractivity contribution in [1.29, 1.82) is 0 Å². The Balaban J connectivity index is 2.67. The van der Waals surface area contributed by atoms with Crippen LogP contribution < -0.4 is 5.73 Å². The van der Waals surface area contributed by atoms with E-state index in [2.05, 4.69) is 15.0 Å². The highest BCUT2D eigenvalue weighted by atomic mass is 16.3. The molecule has 3 N–H and O–H groups in total. The number of hydrogen-bond acceptors (Lipinski definition) is 5. The Morgan fingerprint density at radius 3 is 3.43 bits per heavy atom. The van der Waals surface area contributed by atoms with Gasteiger partial charge in [-0.3, -0.25) is 0 Å². The molecule has 14 heavy (non-hydrogen) atoms. The second-order valence-corrected chi connectivity index (χ2v) is 2.51. The first-order valence-corrected chi connectivity index (χ1v) is 3.66. The fraction of sp³-hybridized carbons (Fsp3) is 0.375. The minimum absolute atomic E-state index is 0.0213. The van der Waals surface area contributed by atoms with E-state index in [0.29, 0.717) is 4.57 Å². The molecule has 6 heteroatoms. The highest BCUT2D eigenvalue weighted by molar-refractivity contribution is 5.81. The summed E-state index contributed by atoms with van der Waals surface area (Å²) >= 11 is 0. The number of nitrogens with zero attached hydrogens (tertiary/aromatic N) is 4. The van der Waals surface area contributed by atoms with Crippen LogP contribution in [0.2, 0.25) is 0 Å². The van der Waals surface area contributed by atoms with E-state index >= 15 is 0 Å². The van der Waals surface area contributed by atoms with Crippen LogP contribution in [0.25, 0.3) is 11.2 Å². The summed E-state index contributed by atoms with van der Waals surface area (Å²) in [5.41, 5.74) is 5.48. The molecule has 0 aliphatic carbocycles. The van der Waals surface area contributed by atoms with Gasteiger partial charge in [0.15, 0.2) is 11.5 Å². The van der Waals surface area contributed by atoms with Gasteiger partial charge in [-0.15, -0.1) is 0 Å². The van der Waals surface area contributed by atoms with E-state index < -0.39 is 19.4 Å². The Labute approximate surface area is 88.8 Å². The number of rotatable bonds is 2. The Morgan fingerprint density at radius 2 is 2.64 bits per heavy atom. The van der Waals surface area contributed by atoms with E-state index in [1.165, 1.54) is 0 Å². The molecule has 0 saturated heterocycles. The van der Waals surface area contributed by atoms with Gasteiger partial charge in [-0.1, -0.05) is 0 Å². The second-order valence-electron chi connectivity index (χ2n) is 2.51. The van der Waals surface area contributed by atoms with Crippen LogP contribution in [0.15, 0.2) is 12.7 Å². The molecular weight excluding hydrogens is 182 g/mol. The number of aromatic nitrogens is 4. The maximum atomic E-state index is 9.79. The SMILES string of the molecule is [2H]C([2H])([2H])C([2H])(O)C([2H])([2H])n1cnc2c(N)ncnc21. The minimum atomic E-state index is -3.40. The molecule has 2 aromatic heterocycles.